The number of aromatic nitrogens is 3. The number of hydrogen-bond acceptors (Lipinski definition) is 7. The second kappa shape index (κ2) is 8.25. The maximum absolute atomic E-state index is 14.4. The Morgan fingerprint density at radius 1 is 1.31 bits per heavy atom. The van der Waals surface area contributed by atoms with E-state index in [2.05, 4.69) is 20.3 Å². The molecular weight excluding hydrogens is 433 g/mol. The number of rotatable bonds is 4. The van der Waals surface area contributed by atoms with Gasteiger partial charge in [0.25, 0.3) is 0 Å². The second-order valence-electron chi connectivity index (χ2n) is 7.18. The van der Waals surface area contributed by atoms with Gasteiger partial charge in [-0.25, -0.2) is 19.3 Å². The van der Waals surface area contributed by atoms with Gasteiger partial charge >= 0.3 is 0 Å². The Bertz CT molecular complexity index is 1080. The lowest BCUT2D eigenvalue weighted by Gasteiger charge is -2.19. The van der Waals surface area contributed by atoms with Gasteiger partial charge in [-0.15, -0.1) is 0 Å². The van der Waals surface area contributed by atoms with Crippen LogP contribution in [0.1, 0.15) is 20.8 Å². The topological polar surface area (TPSA) is 93.8 Å². The number of benzene rings is 1. The number of carbonyl (C=O) groups is 1. The van der Waals surface area contributed by atoms with Crippen LogP contribution in [0.2, 0.25) is 5.02 Å². The monoisotopic (exact) mass is 451 g/mol. The Labute approximate surface area is 181 Å². The molecule has 0 bridgehead atoms. The molecule has 0 aliphatic carbocycles. The molecule has 29 heavy (non-hydrogen) atoms. The molecule has 10 heteroatoms. The van der Waals surface area contributed by atoms with Gasteiger partial charge in [-0.05, 0) is 24.5 Å². The largest absolute Gasteiger partial charge is 0.375 e. The van der Waals surface area contributed by atoms with Crippen molar-refractivity contribution in [2.45, 2.75) is 25.9 Å². The van der Waals surface area contributed by atoms with Crippen LogP contribution in [0.25, 0.3) is 21.8 Å². The Kier molecular flexibility index (Phi) is 6.11. The number of nitrogens with one attached hydrogen (secondary N) is 1. The van der Waals surface area contributed by atoms with Gasteiger partial charge in [-0.2, -0.15) is 0 Å². The van der Waals surface area contributed by atoms with E-state index in [1.54, 1.807) is 33.0 Å². The number of thiazole rings is 1. The smallest absolute Gasteiger partial charge is 0.229 e. The van der Waals surface area contributed by atoms with Crippen LogP contribution in [0.4, 0.5) is 15.2 Å². The predicted molar refractivity (Wildman–Crippen MR) is 118 cm³/mol. The summed E-state index contributed by atoms with van der Waals surface area (Å²) in [4.78, 5) is 26.0. The van der Waals surface area contributed by atoms with Crippen molar-refractivity contribution >= 4 is 51.4 Å². The third kappa shape index (κ3) is 4.68. The SMILES string of the molecule is CSc1nccc(-c2sc(N)nc2-c2cc(F)cc(NC(=O)C(C)(C)C)c2Cl)n1. The first-order valence-corrected chi connectivity index (χ1v) is 11.0. The van der Waals surface area contributed by atoms with Crippen LogP contribution in [-0.4, -0.2) is 27.1 Å². The number of amides is 1. The molecule has 0 aliphatic heterocycles. The number of halogens is 2. The highest BCUT2D eigenvalue weighted by Gasteiger charge is 2.25. The molecule has 0 atom stereocenters. The van der Waals surface area contributed by atoms with Gasteiger partial charge < -0.3 is 11.1 Å². The van der Waals surface area contributed by atoms with E-state index in [1.165, 1.54) is 35.2 Å². The van der Waals surface area contributed by atoms with Crippen molar-refractivity contribution in [3.05, 3.63) is 35.2 Å². The zero-order chi connectivity index (χ0) is 21.3. The summed E-state index contributed by atoms with van der Waals surface area (Å²) in [5.74, 6) is -0.840. The van der Waals surface area contributed by atoms with Crippen LogP contribution < -0.4 is 11.1 Å². The Morgan fingerprint density at radius 2 is 2.03 bits per heavy atom. The zero-order valence-corrected chi connectivity index (χ0v) is 18.6. The van der Waals surface area contributed by atoms with Crippen molar-refractivity contribution in [3.8, 4) is 21.8 Å². The van der Waals surface area contributed by atoms with Crippen molar-refractivity contribution in [1.29, 1.82) is 0 Å². The van der Waals surface area contributed by atoms with E-state index in [4.69, 9.17) is 17.3 Å². The Morgan fingerprint density at radius 3 is 2.69 bits per heavy atom. The standard InChI is InChI=1S/C19H19ClFN5OS2/c1-19(2,3)16(27)24-12-8-9(21)7-10(13(12)20)14-15(29-17(22)26-14)11-5-6-23-18(25-11)28-4/h5-8H,1-4H3,(H2,22,26)(H,24,27). The maximum atomic E-state index is 14.4. The van der Waals surface area contributed by atoms with Crippen molar-refractivity contribution < 1.29 is 9.18 Å². The molecule has 2 aromatic heterocycles. The van der Waals surface area contributed by atoms with E-state index >= 15 is 0 Å². The van der Waals surface area contributed by atoms with Crippen LogP contribution in [-0.2, 0) is 4.79 Å². The van der Waals surface area contributed by atoms with Crippen molar-refractivity contribution in [3.63, 3.8) is 0 Å². The number of nitrogens with two attached hydrogens (primary N) is 1. The van der Waals surface area contributed by atoms with Gasteiger partial charge in [0.15, 0.2) is 10.3 Å². The highest BCUT2D eigenvalue weighted by molar-refractivity contribution is 7.98. The lowest BCUT2D eigenvalue weighted by Crippen LogP contribution is -2.27. The minimum Gasteiger partial charge on any atom is -0.375 e. The van der Waals surface area contributed by atoms with Crippen molar-refractivity contribution in [2.75, 3.05) is 17.3 Å². The van der Waals surface area contributed by atoms with Gasteiger partial charge in [0.05, 0.1) is 27.0 Å². The third-order valence-electron chi connectivity index (χ3n) is 3.91. The fourth-order valence-electron chi connectivity index (χ4n) is 2.42. The number of nitrogens with zero attached hydrogens (tertiary/aromatic N) is 3. The summed E-state index contributed by atoms with van der Waals surface area (Å²) in [5, 5.41) is 3.74. The fourth-order valence-corrected chi connectivity index (χ4v) is 3.84. The third-order valence-corrected chi connectivity index (χ3v) is 5.79. The van der Waals surface area contributed by atoms with Gasteiger partial charge in [0.2, 0.25) is 5.91 Å². The molecular formula is C19H19ClFN5OS2. The second-order valence-corrected chi connectivity index (χ2v) is 9.36. The molecule has 1 amide bonds. The summed E-state index contributed by atoms with van der Waals surface area (Å²) < 4.78 is 14.4. The molecule has 2 heterocycles. The van der Waals surface area contributed by atoms with Crippen LogP contribution in [0, 0.1) is 11.2 Å². The van der Waals surface area contributed by atoms with E-state index < -0.39 is 11.2 Å². The molecule has 0 saturated heterocycles. The van der Waals surface area contributed by atoms with Crippen LogP contribution >= 0.6 is 34.7 Å². The van der Waals surface area contributed by atoms with E-state index in [0.29, 0.717) is 32.1 Å². The summed E-state index contributed by atoms with van der Waals surface area (Å²) in [6.07, 6.45) is 3.50. The van der Waals surface area contributed by atoms with Crippen molar-refractivity contribution in [2.24, 2.45) is 5.41 Å². The maximum Gasteiger partial charge on any atom is 0.229 e. The number of anilines is 2. The molecule has 1 aromatic carbocycles. The first-order valence-electron chi connectivity index (χ1n) is 8.54. The van der Waals surface area contributed by atoms with Crippen molar-refractivity contribution in [1.82, 2.24) is 15.0 Å². The minimum atomic E-state index is -0.665. The average Bonchev–Trinajstić information content (AvgIpc) is 3.05. The van der Waals surface area contributed by atoms with Gasteiger partial charge in [-0.1, -0.05) is 55.5 Å². The number of nitrogen functional groups attached to an aromatic ring is 1. The Balaban J connectivity index is 2.14. The number of carbonyl (C=O) groups excluding carboxylic acids is 1. The fraction of sp³-hybridized carbons (Fsp3) is 0.263. The van der Waals surface area contributed by atoms with E-state index in [9.17, 15) is 9.18 Å². The average molecular weight is 452 g/mol. The van der Waals surface area contributed by atoms with E-state index in [1.807, 2.05) is 6.26 Å². The molecule has 0 aliphatic rings. The summed E-state index contributed by atoms with van der Waals surface area (Å²) in [5.41, 5.74) is 6.77. The zero-order valence-electron chi connectivity index (χ0n) is 16.2. The molecule has 0 fully saturated rings. The normalized spacial score (nSPS) is 11.5. The number of thioether (sulfide) groups is 1. The molecule has 6 nitrogen and oxygen atoms in total. The van der Waals surface area contributed by atoms with E-state index in [-0.39, 0.29) is 16.6 Å². The molecule has 0 unspecified atom stereocenters. The quantitative estimate of drug-likeness (QED) is 0.410. The van der Waals surface area contributed by atoms with Crippen LogP contribution in [0.3, 0.4) is 0 Å². The summed E-state index contributed by atoms with van der Waals surface area (Å²) >= 11 is 9.16. The lowest BCUT2D eigenvalue weighted by atomic mass is 9.95. The molecule has 3 N–H and O–H groups in total. The first kappa shape index (κ1) is 21.5. The van der Waals surface area contributed by atoms with E-state index in [0.717, 1.165) is 0 Å². The highest BCUT2D eigenvalue weighted by Crippen LogP contribution is 2.42. The summed E-state index contributed by atoms with van der Waals surface area (Å²) in [7, 11) is 0. The summed E-state index contributed by atoms with van der Waals surface area (Å²) in [6.45, 7) is 5.27. The number of hydrogen-bond donors (Lipinski definition) is 2. The molecule has 3 rings (SSSR count). The van der Waals surface area contributed by atoms with Crippen LogP contribution in [0.5, 0.6) is 0 Å². The Hall–Kier alpha value is -2.23. The molecule has 0 saturated carbocycles. The summed E-state index contributed by atoms with van der Waals surface area (Å²) in [6, 6.07) is 4.18. The van der Waals surface area contributed by atoms with Gasteiger partial charge in [-0.3, -0.25) is 4.79 Å². The van der Waals surface area contributed by atoms with Crippen LogP contribution in [0.15, 0.2) is 29.6 Å². The minimum absolute atomic E-state index is 0.173. The predicted octanol–water partition coefficient (Wildman–Crippen LogP) is 5.35. The molecule has 152 valence electrons. The lowest BCUT2D eigenvalue weighted by molar-refractivity contribution is -0.123. The first-order chi connectivity index (χ1) is 13.6. The van der Waals surface area contributed by atoms with Gasteiger partial charge in [0, 0.05) is 17.2 Å². The van der Waals surface area contributed by atoms with Gasteiger partial charge in [0.1, 0.15) is 5.82 Å². The molecule has 3 aromatic rings. The molecule has 0 spiro atoms. The highest BCUT2D eigenvalue weighted by atomic mass is 35.5. The molecule has 0 radical (unpaired) electrons.